The first-order chi connectivity index (χ1) is 29.0. The minimum atomic E-state index is -1.69. The number of ketones is 1. The highest BCUT2D eigenvalue weighted by Crippen LogP contribution is 2.57. The summed E-state index contributed by atoms with van der Waals surface area (Å²) in [5.74, 6) is -6.88. The van der Waals surface area contributed by atoms with Gasteiger partial charge in [0.15, 0.2) is 29.4 Å². The number of carbonyl (C=O) groups excluding carboxylic acids is 1. The van der Waals surface area contributed by atoms with Gasteiger partial charge in [0, 0.05) is 61.9 Å². The summed E-state index contributed by atoms with van der Waals surface area (Å²) in [4.78, 5) is 25.2. The first-order valence-corrected chi connectivity index (χ1v) is 23.3. The first kappa shape index (κ1) is 49.8. The molecule has 0 aliphatic carbocycles. The zero-order chi connectivity index (χ0) is 45.7. The first-order valence-electron chi connectivity index (χ1n) is 23.3. The van der Waals surface area contributed by atoms with E-state index in [2.05, 4.69) is 20.8 Å². The highest BCUT2D eigenvalue weighted by Gasteiger charge is 2.65. The van der Waals surface area contributed by atoms with E-state index in [9.17, 15) is 35.1 Å². The molecule has 0 aromatic heterocycles. The predicted molar refractivity (Wildman–Crippen MR) is 225 cm³/mol. The molecule has 6 heterocycles. The lowest BCUT2D eigenvalue weighted by molar-refractivity contribution is -0.389. The molecule has 2 spiro atoms. The van der Waals surface area contributed by atoms with Crippen molar-refractivity contribution in [3.05, 3.63) is 11.6 Å². The SMILES string of the molecule is CC/C=C(\C[C@@]1(C)COC2(CC[C@@](C)(C3C[C@H](O[C@H]4C[C@@H](O)[C@H](OC)[C@@H](C)O4)[C@@H](C)C4(OC(C5O[C@@](O)(CO)[C@H](C)C[C@@H]5C)C[C@H]4C)O3)O2)C[C@@H]1O)C(=O)C(C)CC(C)C(=O)O. The van der Waals surface area contributed by atoms with E-state index in [4.69, 9.17) is 37.9 Å². The number of carboxylic acid groups (broad SMARTS) is 1. The van der Waals surface area contributed by atoms with Crippen LogP contribution in [0, 0.1) is 40.9 Å². The molecule has 0 saturated carbocycles. The molecule has 356 valence electrons. The number of rotatable bonds is 14. The Morgan fingerprint density at radius 2 is 1.65 bits per heavy atom. The molecule has 15 nitrogen and oxygen atoms in total. The van der Waals surface area contributed by atoms with Crippen molar-refractivity contribution in [1.82, 2.24) is 0 Å². The van der Waals surface area contributed by atoms with E-state index in [0.29, 0.717) is 44.1 Å². The van der Waals surface area contributed by atoms with Crippen molar-refractivity contribution < 1.29 is 73.0 Å². The zero-order valence-corrected chi connectivity index (χ0v) is 39.0. The van der Waals surface area contributed by atoms with Crippen molar-refractivity contribution in [3.63, 3.8) is 0 Å². The van der Waals surface area contributed by atoms with Crippen molar-refractivity contribution in [3.8, 4) is 0 Å². The summed E-state index contributed by atoms with van der Waals surface area (Å²) in [5, 5.41) is 53.8. The molecule has 6 saturated heterocycles. The molecule has 20 atom stereocenters. The number of allylic oxidation sites excluding steroid dienone is 2. The Balaban J connectivity index is 1.22. The van der Waals surface area contributed by atoms with Crippen molar-refractivity contribution in [2.75, 3.05) is 20.3 Å². The normalized spacial score (nSPS) is 48.7. The van der Waals surface area contributed by atoms with E-state index < -0.39 is 108 Å². The van der Waals surface area contributed by atoms with E-state index >= 15 is 0 Å². The van der Waals surface area contributed by atoms with Gasteiger partial charge in [-0.15, -0.1) is 0 Å². The van der Waals surface area contributed by atoms with Crippen LogP contribution < -0.4 is 0 Å². The summed E-state index contributed by atoms with van der Waals surface area (Å²) in [7, 11) is 1.55. The van der Waals surface area contributed by atoms with E-state index in [1.165, 1.54) is 0 Å². The average molecular weight is 883 g/mol. The summed E-state index contributed by atoms with van der Waals surface area (Å²) in [6.07, 6.45) is 0.801. The molecule has 7 unspecified atom stereocenters. The van der Waals surface area contributed by atoms with Crippen LogP contribution in [0.3, 0.4) is 0 Å². The minimum absolute atomic E-state index is 0.0325. The monoisotopic (exact) mass is 883 g/mol. The van der Waals surface area contributed by atoms with Crippen LogP contribution in [-0.2, 0) is 47.5 Å². The molecule has 62 heavy (non-hydrogen) atoms. The van der Waals surface area contributed by atoms with Gasteiger partial charge in [-0.05, 0) is 63.9 Å². The van der Waals surface area contributed by atoms with E-state index in [1.807, 2.05) is 40.7 Å². The lowest BCUT2D eigenvalue weighted by Gasteiger charge is -2.54. The largest absolute Gasteiger partial charge is 0.481 e. The molecule has 6 fully saturated rings. The topological polar surface area (TPSA) is 209 Å². The predicted octanol–water partition coefficient (Wildman–Crippen LogP) is 5.27. The Morgan fingerprint density at radius 1 is 0.935 bits per heavy atom. The molecule has 6 aliphatic heterocycles. The number of carbonyl (C=O) groups is 2. The van der Waals surface area contributed by atoms with Crippen LogP contribution in [0.2, 0.25) is 0 Å². The maximum absolute atomic E-state index is 13.7. The smallest absolute Gasteiger partial charge is 0.306 e. The van der Waals surface area contributed by atoms with Crippen molar-refractivity contribution in [2.24, 2.45) is 40.9 Å². The summed E-state index contributed by atoms with van der Waals surface area (Å²) < 4.78 is 53.0. The van der Waals surface area contributed by atoms with Crippen molar-refractivity contribution in [2.45, 2.75) is 212 Å². The molecule has 6 rings (SSSR count). The van der Waals surface area contributed by atoms with E-state index in [1.54, 1.807) is 21.0 Å². The molecule has 0 aromatic carbocycles. The number of aliphatic hydroxyl groups is 4. The van der Waals surface area contributed by atoms with Gasteiger partial charge in [-0.1, -0.05) is 61.5 Å². The number of aliphatic carboxylic acids is 1. The Kier molecular flexibility index (Phi) is 15.2. The van der Waals surface area contributed by atoms with Gasteiger partial charge < -0.3 is 63.4 Å². The molecule has 15 heteroatoms. The van der Waals surface area contributed by atoms with Gasteiger partial charge in [-0.3, -0.25) is 9.59 Å². The molecule has 0 radical (unpaired) electrons. The number of ether oxygens (including phenoxy) is 8. The molecule has 0 amide bonds. The quantitative estimate of drug-likeness (QED) is 0.141. The van der Waals surface area contributed by atoms with Crippen LogP contribution >= 0.6 is 0 Å². The Hall–Kier alpha value is -1.60. The maximum atomic E-state index is 13.7. The molecule has 6 aliphatic rings. The van der Waals surface area contributed by atoms with Crippen LogP contribution in [-0.4, -0.2) is 136 Å². The standard InChI is InChI=1S/C47H78O15/c1-12-13-32(39(51)25(2)16-27(4)42(52)53)21-43(9)24-56-45(22-36(43)50)15-14-44(10,62-45)37-20-34(58-38-19-33(49)41(55-11)31(8)57-38)30(7)47(60-37)29(6)18-35(59-47)40-26(3)17-28(5)46(54,23-48)61-40/h13,25-31,33-38,40-41,48-50,54H,12,14-24H2,1-11H3,(H,52,53)/b32-13+/t25?,26-,27?,28+,29+,30+,31+,33+,34-,35?,36-,37?,38-,40?,41+,43-,44-,45?,46-,47?/m0/s1. The van der Waals surface area contributed by atoms with Crippen LogP contribution in [0.25, 0.3) is 0 Å². The second-order valence-electron chi connectivity index (χ2n) is 20.8. The van der Waals surface area contributed by atoms with Gasteiger partial charge in [0.2, 0.25) is 0 Å². The molecule has 5 N–H and O–H groups in total. The molecular formula is C47H78O15. The lowest BCUT2D eigenvalue weighted by Crippen LogP contribution is -2.63. The third-order valence-electron chi connectivity index (χ3n) is 15.8. The summed E-state index contributed by atoms with van der Waals surface area (Å²) >= 11 is 0. The van der Waals surface area contributed by atoms with Gasteiger partial charge in [0.25, 0.3) is 0 Å². The minimum Gasteiger partial charge on any atom is -0.481 e. The highest BCUT2D eigenvalue weighted by atomic mass is 16.8. The molecular weight excluding hydrogens is 805 g/mol. The van der Waals surface area contributed by atoms with E-state index in [0.717, 1.165) is 0 Å². The number of Topliss-reactive ketones (excluding diaryl/α,β-unsaturated/α-hetero) is 1. The highest BCUT2D eigenvalue weighted by molar-refractivity contribution is 5.97. The van der Waals surface area contributed by atoms with Crippen LogP contribution in [0.5, 0.6) is 0 Å². The Labute approximate surface area is 368 Å². The van der Waals surface area contributed by atoms with Gasteiger partial charge >= 0.3 is 5.97 Å². The van der Waals surface area contributed by atoms with Gasteiger partial charge in [0.1, 0.15) is 6.10 Å². The number of hydrogen-bond acceptors (Lipinski definition) is 14. The Bertz CT molecular complexity index is 1600. The van der Waals surface area contributed by atoms with Crippen LogP contribution in [0.15, 0.2) is 11.6 Å². The average Bonchev–Trinajstić information content (AvgIpc) is 3.72. The number of hydrogen-bond donors (Lipinski definition) is 5. The van der Waals surface area contributed by atoms with E-state index in [-0.39, 0.29) is 61.7 Å². The van der Waals surface area contributed by atoms with Crippen molar-refractivity contribution >= 4 is 11.8 Å². The van der Waals surface area contributed by atoms with Crippen LogP contribution in [0.1, 0.15) is 133 Å². The summed E-state index contributed by atoms with van der Waals surface area (Å²) in [6.45, 7) is 18.8. The van der Waals surface area contributed by atoms with Crippen molar-refractivity contribution in [1.29, 1.82) is 0 Å². The fourth-order valence-electron chi connectivity index (χ4n) is 11.6. The third kappa shape index (κ3) is 9.62. The van der Waals surface area contributed by atoms with Gasteiger partial charge in [-0.2, -0.15) is 0 Å². The number of methoxy groups -OCH3 is 1. The Morgan fingerprint density at radius 3 is 2.26 bits per heavy atom. The third-order valence-corrected chi connectivity index (χ3v) is 15.8. The zero-order valence-electron chi connectivity index (χ0n) is 39.0. The fourth-order valence-corrected chi connectivity index (χ4v) is 11.6. The lowest BCUT2D eigenvalue weighted by atomic mass is 9.72. The summed E-state index contributed by atoms with van der Waals surface area (Å²) in [5.41, 5.74) is -1.14. The second-order valence-corrected chi connectivity index (χ2v) is 20.8. The number of aliphatic hydroxyl groups excluding tert-OH is 3. The summed E-state index contributed by atoms with van der Waals surface area (Å²) in [6, 6.07) is 0. The fraction of sp³-hybridized carbons (Fsp3) is 0.915. The number of carboxylic acids is 1. The molecule has 0 bridgehead atoms. The van der Waals surface area contributed by atoms with Gasteiger partial charge in [-0.25, -0.2) is 0 Å². The van der Waals surface area contributed by atoms with Crippen LogP contribution in [0.4, 0.5) is 0 Å². The van der Waals surface area contributed by atoms with Gasteiger partial charge in [0.05, 0.1) is 67.5 Å². The maximum Gasteiger partial charge on any atom is 0.306 e. The second kappa shape index (κ2) is 18.9. The molecule has 0 aromatic rings.